The summed E-state index contributed by atoms with van der Waals surface area (Å²) in [6.07, 6.45) is 3.13. The van der Waals surface area contributed by atoms with Crippen LogP contribution in [0, 0.1) is 3.57 Å². The van der Waals surface area contributed by atoms with Gasteiger partial charge in [-0.2, -0.15) is 0 Å². The summed E-state index contributed by atoms with van der Waals surface area (Å²) < 4.78 is 1.95. The van der Waals surface area contributed by atoms with Gasteiger partial charge >= 0.3 is 0 Å². The summed E-state index contributed by atoms with van der Waals surface area (Å²) in [6.45, 7) is 0.295. The summed E-state index contributed by atoms with van der Waals surface area (Å²) in [7, 11) is 0. The van der Waals surface area contributed by atoms with Gasteiger partial charge in [0.2, 0.25) is 5.91 Å². The maximum atomic E-state index is 11.8. The molecule has 0 aliphatic carbocycles. The Labute approximate surface area is 129 Å². The summed E-state index contributed by atoms with van der Waals surface area (Å²) in [6, 6.07) is 6.88. The number of carbonyl (C=O) groups is 1. The molecule has 1 heterocycles. The van der Waals surface area contributed by atoms with E-state index < -0.39 is 0 Å². The minimum absolute atomic E-state index is 0.138. The second kappa shape index (κ2) is 6.51. The fourth-order valence-electron chi connectivity index (χ4n) is 1.60. The summed E-state index contributed by atoms with van der Waals surface area (Å²) >= 11 is 1.92. The second-order valence-electron chi connectivity index (χ2n) is 4.16. The summed E-state index contributed by atoms with van der Waals surface area (Å²) in [4.78, 5) is 27.5. The van der Waals surface area contributed by atoms with E-state index in [0.717, 1.165) is 0 Å². The van der Waals surface area contributed by atoms with Gasteiger partial charge in [0.1, 0.15) is 0 Å². The van der Waals surface area contributed by atoms with E-state index in [1.165, 1.54) is 17.1 Å². The molecule has 3 N–H and O–H groups in total. The summed E-state index contributed by atoms with van der Waals surface area (Å²) in [5, 5.41) is 2.74. The van der Waals surface area contributed by atoms with Crippen LogP contribution in [0.25, 0.3) is 0 Å². The molecule has 0 bridgehead atoms. The van der Waals surface area contributed by atoms with Crippen molar-refractivity contribution in [1.82, 2.24) is 9.55 Å². The SMILES string of the molecule is Nc1ccc(NC(=O)CCn2cncc(I)c2=O)cc1. The highest BCUT2D eigenvalue weighted by molar-refractivity contribution is 14.1. The van der Waals surface area contributed by atoms with Crippen LogP contribution in [0.2, 0.25) is 0 Å². The van der Waals surface area contributed by atoms with Crippen LogP contribution in [-0.4, -0.2) is 15.5 Å². The molecule has 20 heavy (non-hydrogen) atoms. The van der Waals surface area contributed by atoms with Gasteiger partial charge in [-0.1, -0.05) is 0 Å². The molecule has 0 unspecified atom stereocenters. The lowest BCUT2D eigenvalue weighted by molar-refractivity contribution is -0.116. The van der Waals surface area contributed by atoms with Gasteiger partial charge in [0.05, 0.1) is 9.90 Å². The highest BCUT2D eigenvalue weighted by Crippen LogP contribution is 2.10. The van der Waals surface area contributed by atoms with Crippen molar-refractivity contribution in [3.05, 3.63) is 50.7 Å². The molecule has 0 fully saturated rings. The van der Waals surface area contributed by atoms with Crippen LogP contribution in [0.15, 0.2) is 41.6 Å². The van der Waals surface area contributed by atoms with Crippen LogP contribution >= 0.6 is 22.6 Å². The first kappa shape index (κ1) is 14.5. The first-order chi connectivity index (χ1) is 9.56. The number of hydrogen-bond acceptors (Lipinski definition) is 4. The molecule has 1 aromatic carbocycles. The van der Waals surface area contributed by atoms with Crippen molar-refractivity contribution in [3.63, 3.8) is 0 Å². The van der Waals surface area contributed by atoms with Gasteiger partial charge in [0.15, 0.2) is 0 Å². The minimum atomic E-state index is -0.166. The Bertz CT molecular complexity index is 667. The molecular weight excluding hydrogens is 371 g/mol. The lowest BCUT2D eigenvalue weighted by atomic mass is 10.3. The summed E-state index contributed by atoms with van der Waals surface area (Å²) in [5.74, 6) is -0.166. The number of rotatable bonds is 4. The number of aromatic nitrogens is 2. The molecular formula is C13H13IN4O2. The molecule has 2 aromatic rings. The van der Waals surface area contributed by atoms with Gasteiger partial charge in [-0.3, -0.25) is 14.2 Å². The number of carbonyl (C=O) groups excluding carboxylic acids is 1. The first-order valence-electron chi connectivity index (χ1n) is 5.91. The first-order valence-corrected chi connectivity index (χ1v) is 6.99. The number of amides is 1. The molecule has 0 aliphatic rings. The number of benzene rings is 1. The average molecular weight is 384 g/mol. The molecule has 6 nitrogen and oxygen atoms in total. The van der Waals surface area contributed by atoms with E-state index in [9.17, 15) is 9.59 Å². The van der Waals surface area contributed by atoms with E-state index in [0.29, 0.717) is 21.5 Å². The van der Waals surface area contributed by atoms with Crippen molar-refractivity contribution in [1.29, 1.82) is 0 Å². The third-order valence-electron chi connectivity index (χ3n) is 2.63. The molecule has 104 valence electrons. The molecule has 0 radical (unpaired) electrons. The van der Waals surface area contributed by atoms with Crippen LogP contribution in [0.4, 0.5) is 11.4 Å². The molecule has 0 atom stereocenters. The number of aryl methyl sites for hydroxylation is 1. The molecule has 7 heteroatoms. The number of nitrogen functional groups attached to an aromatic ring is 1. The van der Waals surface area contributed by atoms with Crippen LogP contribution in [0.1, 0.15) is 6.42 Å². The normalized spacial score (nSPS) is 10.2. The fraction of sp³-hybridized carbons (Fsp3) is 0.154. The number of anilines is 2. The second-order valence-corrected chi connectivity index (χ2v) is 5.32. The molecule has 2 rings (SSSR count). The number of hydrogen-bond donors (Lipinski definition) is 2. The van der Waals surface area contributed by atoms with Crippen molar-refractivity contribution in [3.8, 4) is 0 Å². The van der Waals surface area contributed by atoms with E-state index in [1.807, 2.05) is 22.6 Å². The van der Waals surface area contributed by atoms with Gasteiger partial charge in [-0.25, -0.2) is 4.98 Å². The number of halogens is 1. The zero-order valence-electron chi connectivity index (χ0n) is 10.5. The number of nitrogens with two attached hydrogens (primary N) is 1. The van der Waals surface area contributed by atoms with E-state index in [2.05, 4.69) is 10.3 Å². The predicted molar refractivity (Wildman–Crippen MR) is 85.3 cm³/mol. The van der Waals surface area contributed by atoms with Crippen molar-refractivity contribution >= 4 is 39.9 Å². The minimum Gasteiger partial charge on any atom is -0.399 e. The topological polar surface area (TPSA) is 90.0 Å². The van der Waals surface area contributed by atoms with Gasteiger partial charge in [-0.15, -0.1) is 0 Å². The molecule has 1 aromatic heterocycles. The van der Waals surface area contributed by atoms with E-state index >= 15 is 0 Å². The standard InChI is InChI=1S/C13H13IN4O2/c14-11-7-16-8-18(13(11)20)6-5-12(19)17-10-3-1-9(15)2-4-10/h1-4,7-8H,5-6,15H2,(H,17,19). The van der Waals surface area contributed by atoms with Crippen LogP contribution in [-0.2, 0) is 11.3 Å². The van der Waals surface area contributed by atoms with Crippen molar-refractivity contribution in [2.45, 2.75) is 13.0 Å². The summed E-state index contributed by atoms with van der Waals surface area (Å²) in [5.41, 5.74) is 6.74. The van der Waals surface area contributed by atoms with Crippen molar-refractivity contribution < 1.29 is 4.79 Å². The average Bonchev–Trinajstić information content (AvgIpc) is 2.43. The smallest absolute Gasteiger partial charge is 0.266 e. The van der Waals surface area contributed by atoms with Gasteiger partial charge < -0.3 is 11.1 Å². The number of nitrogens with one attached hydrogen (secondary N) is 1. The molecule has 0 spiro atoms. The molecule has 0 aliphatic heterocycles. The largest absolute Gasteiger partial charge is 0.399 e. The Balaban J connectivity index is 1.94. The maximum Gasteiger partial charge on any atom is 0.266 e. The zero-order chi connectivity index (χ0) is 14.5. The highest BCUT2D eigenvalue weighted by atomic mass is 127. The Morgan fingerprint density at radius 2 is 2.05 bits per heavy atom. The van der Waals surface area contributed by atoms with Gasteiger partial charge in [0.25, 0.3) is 5.56 Å². The van der Waals surface area contributed by atoms with E-state index in [-0.39, 0.29) is 17.9 Å². The lowest BCUT2D eigenvalue weighted by Gasteiger charge is -2.07. The molecule has 0 saturated heterocycles. The quantitative estimate of drug-likeness (QED) is 0.617. The Hall–Kier alpha value is -1.90. The highest BCUT2D eigenvalue weighted by Gasteiger charge is 2.05. The van der Waals surface area contributed by atoms with E-state index in [1.54, 1.807) is 24.3 Å². The van der Waals surface area contributed by atoms with Crippen molar-refractivity contribution in [2.75, 3.05) is 11.1 Å². The lowest BCUT2D eigenvalue weighted by Crippen LogP contribution is -2.25. The van der Waals surface area contributed by atoms with Crippen LogP contribution < -0.4 is 16.6 Å². The Morgan fingerprint density at radius 1 is 1.35 bits per heavy atom. The molecule has 0 saturated carbocycles. The Kier molecular flexibility index (Phi) is 4.72. The van der Waals surface area contributed by atoms with Crippen LogP contribution in [0.3, 0.4) is 0 Å². The Morgan fingerprint density at radius 3 is 2.75 bits per heavy atom. The third-order valence-corrected chi connectivity index (χ3v) is 3.37. The van der Waals surface area contributed by atoms with Crippen molar-refractivity contribution in [2.24, 2.45) is 0 Å². The maximum absolute atomic E-state index is 11.8. The zero-order valence-corrected chi connectivity index (χ0v) is 12.7. The number of nitrogens with zero attached hydrogens (tertiary/aromatic N) is 2. The van der Waals surface area contributed by atoms with Gasteiger partial charge in [-0.05, 0) is 46.9 Å². The third kappa shape index (κ3) is 3.80. The fourth-order valence-corrected chi connectivity index (χ4v) is 2.07. The van der Waals surface area contributed by atoms with E-state index in [4.69, 9.17) is 5.73 Å². The molecule has 1 amide bonds. The predicted octanol–water partition coefficient (Wildman–Crippen LogP) is 1.46. The monoisotopic (exact) mass is 384 g/mol. The van der Waals surface area contributed by atoms with Gasteiger partial charge in [0, 0.05) is 30.5 Å². The van der Waals surface area contributed by atoms with Crippen LogP contribution in [0.5, 0.6) is 0 Å².